The zero-order valence-electron chi connectivity index (χ0n) is 18.6. The van der Waals surface area contributed by atoms with Gasteiger partial charge in [-0.1, -0.05) is 36.9 Å². The van der Waals surface area contributed by atoms with E-state index in [1.54, 1.807) is 54.6 Å². The minimum absolute atomic E-state index is 0.0398. The summed E-state index contributed by atoms with van der Waals surface area (Å²) >= 11 is 0. The maximum absolute atomic E-state index is 13.1. The lowest BCUT2D eigenvalue weighted by Gasteiger charge is -2.26. The minimum atomic E-state index is -0.728. The normalized spacial score (nSPS) is 17.6. The van der Waals surface area contributed by atoms with Gasteiger partial charge in [0.05, 0.1) is 24.3 Å². The molecule has 1 fully saturated rings. The molecule has 2 aromatic carbocycles. The molecule has 0 saturated carbocycles. The third-order valence-electron chi connectivity index (χ3n) is 5.25. The number of para-hydroxylation sites is 1. The summed E-state index contributed by atoms with van der Waals surface area (Å²) in [5.74, 6) is -0.561. The smallest absolute Gasteiger partial charge is 0.295 e. The quantitative estimate of drug-likeness (QED) is 0.281. The molecule has 1 heterocycles. The number of likely N-dealkylation sites (tertiary alicyclic amines) is 1. The summed E-state index contributed by atoms with van der Waals surface area (Å²) < 4.78 is 10.9. The van der Waals surface area contributed by atoms with Crippen molar-refractivity contribution in [2.24, 2.45) is 0 Å². The molecule has 1 amide bonds. The molecule has 0 aromatic heterocycles. The molecule has 7 nitrogen and oxygen atoms in total. The van der Waals surface area contributed by atoms with E-state index in [0.717, 1.165) is 0 Å². The number of Topliss-reactive ketones (excluding diaryl/α,β-unsaturated/α-hetero) is 1. The van der Waals surface area contributed by atoms with Gasteiger partial charge in [0.25, 0.3) is 11.7 Å². The van der Waals surface area contributed by atoms with Crippen molar-refractivity contribution in [1.29, 1.82) is 0 Å². The van der Waals surface area contributed by atoms with Crippen LogP contribution in [0.5, 0.6) is 11.5 Å². The van der Waals surface area contributed by atoms with Gasteiger partial charge in [-0.15, -0.1) is 0 Å². The lowest BCUT2D eigenvalue weighted by Crippen LogP contribution is -2.35. The number of carbonyl (C=O) groups excluding carboxylic acids is 2. The topological polar surface area (TPSA) is 79.3 Å². The number of aliphatic hydroxyl groups excluding tert-OH is 1. The zero-order chi connectivity index (χ0) is 23.3. The molecular weight excluding hydrogens is 408 g/mol. The summed E-state index contributed by atoms with van der Waals surface area (Å²) in [6.45, 7) is 4.91. The summed E-state index contributed by atoms with van der Waals surface area (Å²) in [5.41, 5.74) is 1.10. The number of nitrogens with zero attached hydrogens (tertiary/aromatic N) is 2. The van der Waals surface area contributed by atoms with Gasteiger partial charge in [-0.3, -0.25) is 9.59 Å². The zero-order valence-corrected chi connectivity index (χ0v) is 18.6. The third kappa shape index (κ3) is 4.68. The Kier molecular flexibility index (Phi) is 7.33. The van der Waals surface area contributed by atoms with Crippen LogP contribution < -0.4 is 9.47 Å². The Balaban J connectivity index is 2.12. The number of benzene rings is 2. The average molecular weight is 437 g/mol. The van der Waals surface area contributed by atoms with Crippen molar-refractivity contribution < 1.29 is 24.2 Å². The largest absolute Gasteiger partial charge is 0.507 e. The van der Waals surface area contributed by atoms with E-state index in [4.69, 9.17) is 9.47 Å². The van der Waals surface area contributed by atoms with E-state index < -0.39 is 17.7 Å². The van der Waals surface area contributed by atoms with Crippen LogP contribution in [0.15, 0.2) is 66.8 Å². The van der Waals surface area contributed by atoms with E-state index in [1.165, 1.54) is 12.0 Å². The van der Waals surface area contributed by atoms with Crippen LogP contribution in [-0.2, 0) is 9.59 Å². The molecule has 1 unspecified atom stereocenters. The predicted octanol–water partition coefficient (Wildman–Crippen LogP) is 3.24. The van der Waals surface area contributed by atoms with Gasteiger partial charge in [0, 0.05) is 13.1 Å². The predicted molar refractivity (Wildman–Crippen MR) is 123 cm³/mol. The fraction of sp³-hybridized carbons (Fsp3) is 0.280. The van der Waals surface area contributed by atoms with Gasteiger partial charge in [-0.25, -0.2) is 0 Å². The molecule has 0 bridgehead atoms. The second kappa shape index (κ2) is 10.2. The van der Waals surface area contributed by atoms with Gasteiger partial charge < -0.3 is 24.4 Å². The van der Waals surface area contributed by atoms with Crippen molar-refractivity contribution >= 4 is 17.4 Å². The Hall–Kier alpha value is -3.58. The molecule has 1 N–H and O–H groups in total. The second-order valence-corrected chi connectivity index (χ2v) is 7.66. The first-order chi connectivity index (χ1) is 15.4. The van der Waals surface area contributed by atoms with E-state index in [0.29, 0.717) is 42.3 Å². The van der Waals surface area contributed by atoms with Crippen LogP contribution in [-0.4, -0.2) is 67.5 Å². The van der Waals surface area contributed by atoms with Crippen molar-refractivity contribution in [3.63, 3.8) is 0 Å². The van der Waals surface area contributed by atoms with Crippen molar-refractivity contribution in [1.82, 2.24) is 9.80 Å². The molecule has 7 heteroatoms. The number of carbonyl (C=O) groups is 2. The molecule has 168 valence electrons. The number of hydrogen-bond acceptors (Lipinski definition) is 6. The molecular formula is C25H28N2O5. The number of likely N-dealkylation sites (N-methyl/N-ethyl adjacent to an activating group) is 1. The first-order valence-corrected chi connectivity index (χ1v) is 10.3. The highest BCUT2D eigenvalue weighted by atomic mass is 16.5. The van der Waals surface area contributed by atoms with Crippen LogP contribution in [0.2, 0.25) is 0 Å². The van der Waals surface area contributed by atoms with E-state index >= 15 is 0 Å². The number of ether oxygens (including phenoxy) is 2. The number of amides is 1. The van der Waals surface area contributed by atoms with Gasteiger partial charge in [-0.05, 0) is 43.9 Å². The molecule has 1 saturated heterocycles. The molecule has 32 heavy (non-hydrogen) atoms. The first kappa shape index (κ1) is 23.1. The van der Waals surface area contributed by atoms with Crippen molar-refractivity contribution in [3.05, 3.63) is 77.9 Å². The monoisotopic (exact) mass is 436 g/mol. The van der Waals surface area contributed by atoms with Gasteiger partial charge in [0.1, 0.15) is 23.9 Å². The van der Waals surface area contributed by atoms with Crippen molar-refractivity contribution in [2.45, 2.75) is 6.04 Å². The molecule has 0 radical (unpaired) electrons. The number of aliphatic hydroxyl groups is 1. The fourth-order valence-corrected chi connectivity index (χ4v) is 3.65. The Morgan fingerprint density at radius 1 is 1.16 bits per heavy atom. The number of rotatable bonds is 9. The van der Waals surface area contributed by atoms with E-state index in [9.17, 15) is 14.7 Å². The summed E-state index contributed by atoms with van der Waals surface area (Å²) in [6.07, 6.45) is 1.65. The van der Waals surface area contributed by atoms with Crippen LogP contribution in [0, 0.1) is 0 Å². The summed E-state index contributed by atoms with van der Waals surface area (Å²) in [4.78, 5) is 29.5. The summed E-state index contributed by atoms with van der Waals surface area (Å²) in [7, 11) is 5.28. The fourth-order valence-electron chi connectivity index (χ4n) is 3.65. The highest BCUT2D eigenvalue weighted by Crippen LogP contribution is 2.41. The van der Waals surface area contributed by atoms with Crippen molar-refractivity contribution in [2.75, 3.05) is 40.9 Å². The van der Waals surface area contributed by atoms with Crippen LogP contribution in [0.25, 0.3) is 5.76 Å². The molecule has 2 aromatic rings. The first-order valence-electron chi connectivity index (χ1n) is 10.3. The van der Waals surface area contributed by atoms with Gasteiger partial charge in [0.2, 0.25) is 0 Å². The number of ketones is 1. The second-order valence-electron chi connectivity index (χ2n) is 7.66. The SMILES string of the molecule is C=CCOc1ccc(C2/C(=C(\O)c3ccccc3OC)C(=O)C(=O)N2CCN(C)C)cc1. The van der Waals surface area contributed by atoms with E-state index in [-0.39, 0.29) is 11.3 Å². The third-order valence-corrected chi connectivity index (χ3v) is 5.25. The van der Waals surface area contributed by atoms with Crippen LogP contribution in [0.3, 0.4) is 0 Å². The molecule has 0 aliphatic carbocycles. The molecule has 1 atom stereocenters. The van der Waals surface area contributed by atoms with Crippen LogP contribution in [0.4, 0.5) is 0 Å². The Morgan fingerprint density at radius 3 is 2.47 bits per heavy atom. The maximum atomic E-state index is 13.1. The molecule has 1 aliphatic rings. The Labute approximate surface area is 188 Å². The Bertz CT molecular complexity index is 1030. The van der Waals surface area contributed by atoms with Gasteiger partial charge in [-0.2, -0.15) is 0 Å². The highest BCUT2D eigenvalue weighted by molar-refractivity contribution is 6.46. The molecule has 0 spiro atoms. The summed E-state index contributed by atoms with van der Waals surface area (Å²) in [6, 6.07) is 13.3. The maximum Gasteiger partial charge on any atom is 0.295 e. The van der Waals surface area contributed by atoms with Crippen LogP contribution >= 0.6 is 0 Å². The van der Waals surface area contributed by atoms with Crippen molar-refractivity contribution in [3.8, 4) is 11.5 Å². The molecule has 1 aliphatic heterocycles. The standard InChI is InChI=1S/C25H28N2O5/c1-5-16-32-18-12-10-17(11-13-18)22-21(23(28)19-8-6-7-9-20(19)31-4)24(29)25(30)27(22)15-14-26(2)3/h5-13,22,28H,1,14-16H2,2-4H3/b23-21+. The summed E-state index contributed by atoms with van der Waals surface area (Å²) in [5, 5.41) is 11.2. The number of methoxy groups -OCH3 is 1. The Morgan fingerprint density at radius 2 is 1.84 bits per heavy atom. The lowest BCUT2D eigenvalue weighted by atomic mass is 9.95. The van der Waals surface area contributed by atoms with Gasteiger partial charge in [0.15, 0.2) is 0 Å². The number of hydrogen-bond donors (Lipinski definition) is 1. The minimum Gasteiger partial charge on any atom is -0.507 e. The van der Waals surface area contributed by atoms with Crippen LogP contribution in [0.1, 0.15) is 17.2 Å². The lowest BCUT2D eigenvalue weighted by molar-refractivity contribution is -0.140. The van der Waals surface area contributed by atoms with E-state index in [2.05, 4.69) is 6.58 Å². The van der Waals surface area contributed by atoms with Gasteiger partial charge >= 0.3 is 0 Å². The van der Waals surface area contributed by atoms with E-state index in [1.807, 2.05) is 19.0 Å². The molecule has 3 rings (SSSR count). The average Bonchev–Trinajstić information content (AvgIpc) is 3.06. The highest BCUT2D eigenvalue weighted by Gasteiger charge is 2.46.